The van der Waals surface area contributed by atoms with Gasteiger partial charge in [-0.1, -0.05) is 0 Å². The van der Waals surface area contributed by atoms with Gasteiger partial charge < -0.3 is 10.6 Å². The topological polar surface area (TPSA) is 59.0 Å². The molecule has 1 amide bonds. The molecule has 1 aliphatic rings. The number of aryl methyl sites for hydroxylation is 2. The predicted octanol–water partition coefficient (Wildman–Crippen LogP) is 0.667. The second-order valence-corrected chi connectivity index (χ2v) is 4.32. The first-order chi connectivity index (χ1) is 7.66. The van der Waals surface area contributed by atoms with E-state index >= 15 is 0 Å². The minimum Gasteiger partial charge on any atom is -0.323 e. The number of hydrogen-bond acceptors (Lipinski definition) is 3. The molecule has 2 N–H and O–H groups in total. The summed E-state index contributed by atoms with van der Waals surface area (Å²) in [5.74, 6) is 0.262. The third-order valence-electron chi connectivity index (χ3n) is 2.98. The van der Waals surface area contributed by atoms with Crippen molar-refractivity contribution >= 4 is 11.6 Å². The summed E-state index contributed by atoms with van der Waals surface area (Å²) in [6, 6.07) is 0. The summed E-state index contributed by atoms with van der Waals surface area (Å²) in [4.78, 5) is 12.0. The Morgan fingerprint density at radius 3 is 2.81 bits per heavy atom. The van der Waals surface area contributed by atoms with Gasteiger partial charge in [-0.2, -0.15) is 5.10 Å². The third kappa shape index (κ3) is 2.41. The van der Waals surface area contributed by atoms with Gasteiger partial charge in [0.05, 0.1) is 11.4 Å². The van der Waals surface area contributed by atoms with Gasteiger partial charge in [0, 0.05) is 19.2 Å². The van der Waals surface area contributed by atoms with Crippen LogP contribution in [0.5, 0.6) is 0 Å². The van der Waals surface area contributed by atoms with Crippen molar-refractivity contribution < 1.29 is 4.79 Å². The van der Waals surface area contributed by atoms with E-state index < -0.39 is 0 Å². The van der Waals surface area contributed by atoms with Crippen LogP contribution in [0.25, 0.3) is 0 Å². The lowest BCUT2D eigenvalue weighted by Crippen LogP contribution is -2.34. The Balaban J connectivity index is 1.98. The number of nitrogens with zero attached hydrogens (tertiary/aromatic N) is 2. The number of hydrogen-bond donors (Lipinski definition) is 2. The molecule has 2 rings (SSSR count). The molecule has 88 valence electrons. The van der Waals surface area contributed by atoms with Crippen molar-refractivity contribution in [3.05, 3.63) is 11.9 Å². The second kappa shape index (κ2) is 4.65. The summed E-state index contributed by atoms with van der Waals surface area (Å²) in [6.07, 6.45) is 3.69. The van der Waals surface area contributed by atoms with Crippen LogP contribution in [-0.4, -0.2) is 28.8 Å². The molecule has 0 aliphatic carbocycles. The number of carbonyl (C=O) groups is 1. The zero-order chi connectivity index (χ0) is 11.5. The molecule has 0 saturated carbocycles. The Bertz CT molecular complexity index is 379. The molecule has 0 atom stereocenters. The normalized spacial score (nSPS) is 17.4. The van der Waals surface area contributed by atoms with E-state index in [2.05, 4.69) is 15.7 Å². The highest BCUT2D eigenvalue weighted by Gasteiger charge is 2.21. The van der Waals surface area contributed by atoms with Crippen LogP contribution in [-0.2, 0) is 11.8 Å². The summed E-state index contributed by atoms with van der Waals surface area (Å²) >= 11 is 0. The van der Waals surface area contributed by atoms with Crippen molar-refractivity contribution in [2.45, 2.75) is 19.8 Å². The lowest BCUT2D eigenvalue weighted by atomic mass is 9.97. The number of amides is 1. The van der Waals surface area contributed by atoms with Crippen molar-refractivity contribution in [3.63, 3.8) is 0 Å². The summed E-state index contributed by atoms with van der Waals surface area (Å²) in [5.41, 5.74) is 1.69. The van der Waals surface area contributed by atoms with E-state index in [9.17, 15) is 4.79 Å². The van der Waals surface area contributed by atoms with Gasteiger partial charge >= 0.3 is 0 Å². The van der Waals surface area contributed by atoms with Gasteiger partial charge in [0.25, 0.3) is 0 Å². The van der Waals surface area contributed by atoms with Crippen LogP contribution in [0.15, 0.2) is 6.20 Å². The molecule has 0 bridgehead atoms. The van der Waals surface area contributed by atoms with Gasteiger partial charge in [-0.05, 0) is 32.9 Å². The molecule has 0 aromatic carbocycles. The summed E-state index contributed by atoms with van der Waals surface area (Å²) in [7, 11) is 1.85. The average Bonchev–Trinajstić information content (AvgIpc) is 2.59. The molecule has 5 heteroatoms. The second-order valence-electron chi connectivity index (χ2n) is 4.32. The lowest BCUT2D eigenvalue weighted by Gasteiger charge is -2.21. The number of piperidine rings is 1. The highest BCUT2D eigenvalue weighted by Crippen LogP contribution is 2.17. The quantitative estimate of drug-likeness (QED) is 0.773. The van der Waals surface area contributed by atoms with E-state index in [0.717, 1.165) is 37.3 Å². The molecule has 1 saturated heterocycles. The fourth-order valence-electron chi connectivity index (χ4n) is 2.04. The van der Waals surface area contributed by atoms with Crippen molar-refractivity contribution in [1.82, 2.24) is 15.1 Å². The van der Waals surface area contributed by atoms with Gasteiger partial charge in [-0.15, -0.1) is 0 Å². The van der Waals surface area contributed by atoms with E-state index in [1.165, 1.54) is 0 Å². The number of nitrogens with one attached hydrogen (secondary N) is 2. The van der Waals surface area contributed by atoms with E-state index in [1.54, 1.807) is 4.68 Å². The molecule has 0 radical (unpaired) electrons. The van der Waals surface area contributed by atoms with Crippen LogP contribution in [0, 0.1) is 12.8 Å². The highest BCUT2D eigenvalue weighted by molar-refractivity contribution is 5.92. The molecule has 1 fully saturated rings. The number of anilines is 1. The number of aromatic nitrogens is 2. The summed E-state index contributed by atoms with van der Waals surface area (Å²) in [5, 5.41) is 10.4. The molecule has 2 heterocycles. The van der Waals surface area contributed by atoms with E-state index in [-0.39, 0.29) is 11.8 Å². The van der Waals surface area contributed by atoms with Gasteiger partial charge in [0.2, 0.25) is 5.91 Å². The first-order valence-corrected chi connectivity index (χ1v) is 5.68. The molecule has 0 spiro atoms. The van der Waals surface area contributed by atoms with E-state index in [4.69, 9.17) is 0 Å². The minimum atomic E-state index is 0.123. The van der Waals surface area contributed by atoms with Gasteiger partial charge in [-0.3, -0.25) is 9.48 Å². The molecule has 5 nitrogen and oxygen atoms in total. The highest BCUT2D eigenvalue weighted by atomic mass is 16.1. The smallest absolute Gasteiger partial charge is 0.227 e. The molecule has 16 heavy (non-hydrogen) atoms. The standard InChI is InChI=1S/C11H18N4O/c1-8-10(7-15(2)14-8)13-11(16)9-3-5-12-6-4-9/h7,9,12H,3-6H2,1-2H3,(H,13,16). The zero-order valence-electron chi connectivity index (χ0n) is 9.79. The Morgan fingerprint density at radius 1 is 1.56 bits per heavy atom. The third-order valence-corrected chi connectivity index (χ3v) is 2.98. The van der Waals surface area contributed by atoms with Crippen LogP contribution in [0.2, 0.25) is 0 Å². The number of rotatable bonds is 2. The fraction of sp³-hybridized carbons (Fsp3) is 0.636. The molecular weight excluding hydrogens is 204 g/mol. The first-order valence-electron chi connectivity index (χ1n) is 5.68. The van der Waals surface area contributed by atoms with Crippen LogP contribution < -0.4 is 10.6 Å². The molecule has 1 aromatic rings. The summed E-state index contributed by atoms with van der Waals surface area (Å²) in [6.45, 7) is 3.77. The van der Waals surface area contributed by atoms with E-state index in [1.807, 2.05) is 20.2 Å². The van der Waals surface area contributed by atoms with Crippen LogP contribution in [0.1, 0.15) is 18.5 Å². The monoisotopic (exact) mass is 222 g/mol. The number of carbonyl (C=O) groups excluding carboxylic acids is 1. The predicted molar refractivity (Wildman–Crippen MR) is 62.2 cm³/mol. The van der Waals surface area contributed by atoms with Crippen LogP contribution in [0.3, 0.4) is 0 Å². The summed E-state index contributed by atoms with van der Waals surface area (Å²) < 4.78 is 1.72. The van der Waals surface area contributed by atoms with Crippen LogP contribution in [0.4, 0.5) is 5.69 Å². The van der Waals surface area contributed by atoms with Gasteiger partial charge in [0.1, 0.15) is 0 Å². The Labute approximate surface area is 95.2 Å². The van der Waals surface area contributed by atoms with Gasteiger partial charge in [0.15, 0.2) is 0 Å². The van der Waals surface area contributed by atoms with Crippen molar-refractivity contribution in [2.75, 3.05) is 18.4 Å². The lowest BCUT2D eigenvalue weighted by molar-refractivity contribution is -0.120. The maximum absolute atomic E-state index is 12.0. The molecule has 1 aliphatic heterocycles. The van der Waals surface area contributed by atoms with Gasteiger partial charge in [-0.25, -0.2) is 0 Å². The first kappa shape index (κ1) is 11.1. The zero-order valence-corrected chi connectivity index (χ0v) is 9.79. The Kier molecular flexibility index (Phi) is 3.24. The van der Waals surface area contributed by atoms with Crippen molar-refractivity contribution in [1.29, 1.82) is 0 Å². The van der Waals surface area contributed by atoms with Crippen molar-refractivity contribution in [3.8, 4) is 0 Å². The largest absolute Gasteiger partial charge is 0.323 e. The SMILES string of the molecule is Cc1nn(C)cc1NC(=O)C1CCNCC1. The average molecular weight is 222 g/mol. The molecule has 1 aromatic heterocycles. The maximum atomic E-state index is 12.0. The Hall–Kier alpha value is -1.36. The molecular formula is C11H18N4O. The van der Waals surface area contributed by atoms with Crippen molar-refractivity contribution in [2.24, 2.45) is 13.0 Å². The van der Waals surface area contributed by atoms with Crippen LogP contribution >= 0.6 is 0 Å². The maximum Gasteiger partial charge on any atom is 0.227 e. The Morgan fingerprint density at radius 2 is 2.25 bits per heavy atom. The minimum absolute atomic E-state index is 0.123. The van der Waals surface area contributed by atoms with E-state index in [0.29, 0.717) is 0 Å². The fourth-order valence-corrected chi connectivity index (χ4v) is 2.04. The molecule has 0 unspecified atom stereocenters.